The summed E-state index contributed by atoms with van der Waals surface area (Å²) in [5.41, 5.74) is 2.14. The Hall–Kier alpha value is -1.74. The Labute approximate surface area is 158 Å². The van der Waals surface area contributed by atoms with Crippen LogP contribution in [0.1, 0.15) is 20.8 Å². The molecule has 6 nitrogen and oxygen atoms in total. The van der Waals surface area contributed by atoms with Gasteiger partial charge in [-0.1, -0.05) is 24.3 Å². The number of nitrogens with zero attached hydrogens (tertiary/aromatic N) is 2. The molecule has 1 amide bonds. The number of carbonyl (C=O) groups excluding carboxylic acids is 1. The van der Waals surface area contributed by atoms with Gasteiger partial charge in [-0.05, 0) is 29.5 Å². The number of benzene rings is 1. The molecule has 0 radical (unpaired) electrons. The molecule has 3 rings (SSSR count). The van der Waals surface area contributed by atoms with Crippen molar-refractivity contribution in [3.63, 3.8) is 0 Å². The minimum atomic E-state index is -3.69. The zero-order valence-corrected chi connectivity index (χ0v) is 16.5. The van der Waals surface area contributed by atoms with E-state index in [0.29, 0.717) is 32.8 Å². The van der Waals surface area contributed by atoms with Gasteiger partial charge in [0, 0.05) is 26.7 Å². The van der Waals surface area contributed by atoms with Gasteiger partial charge in [0.2, 0.25) is 10.0 Å². The molecule has 0 aliphatic carbocycles. The van der Waals surface area contributed by atoms with Crippen LogP contribution in [0.2, 0.25) is 0 Å². The summed E-state index contributed by atoms with van der Waals surface area (Å²) in [5, 5.41) is 1.65. The zero-order valence-electron chi connectivity index (χ0n) is 14.8. The van der Waals surface area contributed by atoms with Crippen LogP contribution in [0.15, 0.2) is 40.6 Å². The number of aryl methyl sites for hydroxylation is 1. The lowest BCUT2D eigenvalue weighted by Crippen LogP contribution is -2.41. The monoisotopic (exact) mass is 394 g/mol. The third-order valence-electron chi connectivity index (χ3n) is 4.43. The third kappa shape index (κ3) is 3.83. The highest BCUT2D eigenvalue weighted by Crippen LogP contribution is 2.27. The minimum absolute atomic E-state index is 0.0889. The fourth-order valence-corrected chi connectivity index (χ4v) is 5.67. The number of rotatable bonds is 5. The molecule has 1 aromatic carbocycles. The first-order valence-electron chi connectivity index (χ1n) is 8.36. The largest absolute Gasteiger partial charge is 0.379 e. The van der Waals surface area contributed by atoms with Gasteiger partial charge in [-0.15, -0.1) is 11.3 Å². The highest BCUT2D eigenvalue weighted by Gasteiger charge is 2.32. The Morgan fingerprint density at radius 1 is 1.23 bits per heavy atom. The average Bonchev–Trinajstić information content (AvgIpc) is 3.14. The summed E-state index contributed by atoms with van der Waals surface area (Å²) >= 11 is 1.16. The number of ether oxygens (including phenoxy) is 1. The highest BCUT2D eigenvalue weighted by molar-refractivity contribution is 7.89. The van der Waals surface area contributed by atoms with E-state index in [1.54, 1.807) is 17.3 Å². The van der Waals surface area contributed by atoms with Crippen LogP contribution in [0.5, 0.6) is 0 Å². The molecule has 2 heterocycles. The molecule has 1 aliphatic rings. The predicted molar refractivity (Wildman–Crippen MR) is 101 cm³/mol. The molecular weight excluding hydrogens is 372 g/mol. The smallest absolute Gasteiger partial charge is 0.265 e. The summed E-state index contributed by atoms with van der Waals surface area (Å²) in [7, 11) is -2.00. The van der Waals surface area contributed by atoms with E-state index < -0.39 is 10.0 Å². The van der Waals surface area contributed by atoms with Gasteiger partial charge in [0.15, 0.2) is 0 Å². The Balaban J connectivity index is 1.83. The van der Waals surface area contributed by atoms with Gasteiger partial charge < -0.3 is 9.64 Å². The van der Waals surface area contributed by atoms with Crippen LogP contribution in [0.4, 0.5) is 0 Å². The van der Waals surface area contributed by atoms with Crippen LogP contribution in [0, 0.1) is 6.92 Å². The maximum Gasteiger partial charge on any atom is 0.265 e. The summed E-state index contributed by atoms with van der Waals surface area (Å²) in [4.78, 5) is 14.8. The molecule has 2 aromatic rings. The third-order valence-corrected chi connectivity index (χ3v) is 7.40. The molecule has 0 spiro atoms. The van der Waals surface area contributed by atoms with Gasteiger partial charge in [-0.2, -0.15) is 4.31 Å². The summed E-state index contributed by atoms with van der Waals surface area (Å²) in [6, 6.07) is 9.36. The van der Waals surface area contributed by atoms with Gasteiger partial charge in [-0.3, -0.25) is 4.79 Å². The molecule has 0 N–H and O–H groups in total. The minimum Gasteiger partial charge on any atom is -0.379 e. The van der Waals surface area contributed by atoms with E-state index in [1.807, 2.05) is 31.2 Å². The first-order chi connectivity index (χ1) is 12.4. The molecule has 8 heteroatoms. The van der Waals surface area contributed by atoms with Gasteiger partial charge in [-0.25, -0.2) is 8.42 Å². The first kappa shape index (κ1) is 19.0. The molecule has 1 aromatic heterocycles. The van der Waals surface area contributed by atoms with Crippen LogP contribution in [0.25, 0.3) is 0 Å². The van der Waals surface area contributed by atoms with Gasteiger partial charge in [0.25, 0.3) is 5.91 Å². The summed E-state index contributed by atoms with van der Waals surface area (Å²) in [6.45, 7) is 3.79. The second-order valence-electron chi connectivity index (χ2n) is 6.22. The molecule has 1 fully saturated rings. The van der Waals surface area contributed by atoms with Crippen molar-refractivity contribution in [1.82, 2.24) is 9.21 Å². The first-order valence-corrected chi connectivity index (χ1v) is 10.7. The zero-order chi connectivity index (χ0) is 18.7. The van der Waals surface area contributed by atoms with Crippen molar-refractivity contribution in [1.29, 1.82) is 0 Å². The maximum atomic E-state index is 12.9. The lowest BCUT2D eigenvalue weighted by atomic mass is 10.1. The van der Waals surface area contributed by atoms with Gasteiger partial charge >= 0.3 is 0 Å². The number of morpholine rings is 1. The van der Waals surface area contributed by atoms with Crippen LogP contribution in [0.3, 0.4) is 0 Å². The number of sulfonamides is 1. The van der Waals surface area contributed by atoms with E-state index in [4.69, 9.17) is 4.74 Å². The SMILES string of the molecule is Cc1ccccc1CN(C)C(=O)c1sccc1S(=O)(=O)N1CCOCC1. The van der Waals surface area contributed by atoms with Crippen molar-refractivity contribution in [2.24, 2.45) is 0 Å². The average molecular weight is 395 g/mol. The number of amides is 1. The summed E-state index contributed by atoms with van der Waals surface area (Å²) in [6.07, 6.45) is 0. The van der Waals surface area contributed by atoms with Crippen molar-refractivity contribution < 1.29 is 17.9 Å². The lowest BCUT2D eigenvalue weighted by molar-refractivity contribution is 0.0728. The normalized spacial score (nSPS) is 15.8. The van der Waals surface area contributed by atoms with Crippen molar-refractivity contribution in [2.45, 2.75) is 18.4 Å². The summed E-state index contributed by atoms with van der Waals surface area (Å²) < 4.78 is 32.4. The second kappa shape index (κ2) is 7.87. The van der Waals surface area contributed by atoms with Crippen molar-refractivity contribution >= 4 is 27.3 Å². The standard InChI is InChI=1S/C18H22N2O4S2/c1-14-5-3-4-6-15(14)13-19(2)18(21)17-16(7-12-25-17)26(22,23)20-8-10-24-11-9-20/h3-7,12H,8-11,13H2,1-2H3. The molecular formula is C18H22N2O4S2. The van der Waals surface area contributed by atoms with E-state index >= 15 is 0 Å². The van der Waals surface area contributed by atoms with Gasteiger partial charge in [0.1, 0.15) is 9.77 Å². The van der Waals surface area contributed by atoms with Crippen LogP contribution in [-0.2, 0) is 21.3 Å². The van der Waals surface area contributed by atoms with Crippen molar-refractivity contribution in [2.75, 3.05) is 33.4 Å². The number of thiophene rings is 1. The molecule has 1 saturated heterocycles. The molecule has 0 atom stereocenters. The molecule has 0 saturated carbocycles. The Kier molecular flexibility index (Phi) is 5.76. The van der Waals surface area contributed by atoms with E-state index in [-0.39, 0.29) is 15.7 Å². The van der Waals surface area contributed by atoms with E-state index in [9.17, 15) is 13.2 Å². The van der Waals surface area contributed by atoms with E-state index in [0.717, 1.165) is 22.5 Å². The highest BCUT2D eigenvalue weighted by atomic mass is 32.2. The molecule has 140 valence electrons. The Morgan fingerprint density at radius 2 is 1.92 bits per heavy atom. The van der Waals surface area contributed by atoms with Crippen LogP contribution < -0.4 is 0 Å². The van der Waals surface area contributed by atoms with Crippen LogP contribution >= 0.6 is 11.3 Å². The fraction of sp³-hybridized carbons (Fsp3) is 0.389. The van der Waals surface area contributed by atoms with E-state index in [1.165, 1.54) is 10.4 Å². The molecule has 26 heavy (non-hydrogen) atoms. The lowest BCUT2D eigenvalue weighted by Gasteiger charge is -2.26. The number of hydrogen-bond acceptors (Lipinski definition) is 5. The fourth-order valence-electron chi connectivity index (χ4n) is 2.87. The number of hydrogen-bond donors (Lipinski definition) is 0. The Bertz CT molecular complexity index is 886. The molecule has 0 unspecified atom stereocenters. The number of carbonyl (C=O) groups is 1. The maximum absolute atomic E-state index is 12.9. The molecule has 1 aliphatic heterocycles. The Morgan fingerprint density at radius 3 is 2.62 bits per heavy atom. The van der Waals surface area contributed by atoms with Crippen LogP contribution in [-0.4, -0.2) is 56.9 Å². The second-order valence-corrected chi connectivity index (χ2v) is 9.04. The quantitative estimate of drug-likeness (QED) is 0.781. The topological polar surface area (TPSA) is 66.9 Å². The van der Waals surface area contributed by atoms with Crippen molar-refractivity contribution in [3.8, 4) is 0 Å². The van der Waals surface area contributed by atoms with Crippen molar-refractivity contribution in [3.05, 3.63) is 51.7 Å². The van der Waals surface area contributed by atoms with E-state index in [2.05, 4.69) is 0 Å². The summed E-state index contributed by atoms with van der Waals surface area (Å²) in [5.74, 6) is -0.282. The van der Waals surface area contributed by atoms with Gasteiger partial charge in [0.05, 0.1) is 13.2 Å². The molecule has 0 bridgehead atoms. The predicted octanol–water partition coefficient (Wildman–Crippen LogP) is 2.35.